The summed E-state index contributed by atoms with van der Waals surface area (Å²) < 4.78 is 9.87. The number of rotatable bonds is 11. The highest BCUT2D eigenvalue weighted by atomic mass is 79.9. The molecule has 170 valence electrons. The van der Waals surface area contributed by atoms with Gasteiger partial charge in [-0.05, 0) is 63.4 Å². The normalized spacial score (nSPS) is 19.3. The van der Waals surface area contributed by atoms with E-state index in [4.69, 9.17) is 9.47 Å². The lowest BCUT2D eigenvalue weighted by molar-refractivity contribution is -0.153. The number of methoxy groups -OCH3 is 2. The largest absolute Gasteiger partial charge is 0.469 e. The zero-order chi connectivity index (χ0) is 21.6. The molecule has 0 radical (unpaired) electrons. The van der Waals surface area contributed by atoms with Crippen LogP contribution in [0.15, 0.2) is 0 Å². The predicted molar refractivity (Wildman–Crippen MR) is 126 cm³/mol. The molecule has 0 saturated heterocycles. The Balaban J connectivity index is 0.000000291. The van der Waals surface area contributed by atoms with Crippen LogP contribution in [-0.2, 0) is 19.1 Å². The molecule has 2 aliphatic carbocycles. The Kier molecular flexibility index (Phi) is 13.6. The summed E-state index contributed by atoms with van der Waals surface area (Å²) in [4.78, 5) is 23.5. The second-order valence-electron chi connectivity index (χ2n) is 8.55. The highest BCUT2D eigenvalue weighted by Gasteiger charge is 2.42. The van der Waals surface area contributed by atoms with Gasteiger partial charge in [0.25, 0.3) is 0 Å². The molecule has 0 amide bonds. The van der Waals surface area contributed by atoms with Crippen molar-refractivity contribution in [3.05, 3.63) is 0 Å². The number of carbonyl (C=O) groups is 2. The van der Waals surface area contributed by atoms with Crippen molar-refractivity contribution in [2.75, 3.05) is 31.6 Å². The number of hydrogen-bond acceptors (Lipinski definition) is 5. The van der Waals surface area contributed by atoms with Crippen LogP contribution in [0.25, 0.3) is 0 Å². The Hall–Kier alpha value is -0.230. The Morgan fingerprint density at radius 3 is 1.55 bits per heavy atom. The summed E-state index contributed by atoms with van der Waals surface area (Å²) in [5, 5.41) is 1.03. The number of unbranched alkanes of at least 4 members (excludes halogenated alkanes) is 2. The van der Waals surface area contributed by atoms with Gasteiger partial charge < -0.3 is 9.47 Å². The number of esters is 2. The molecule has 0 unspecified atom stereocenters. The van der Waals surface area contributed by atoms with Crippen molar-refractivity contribution >= 4 is 39.6 Å². The molecular formula is C23H41BrO4S. The second-order valence-corrected chi connectivity index (χ2v) is 10.3. The van der Waals surface area contributed by atoms with Gasteiger partial charge in [0.1, 0.15) is 0 Å². The fourth-order valence-electron chi connectivity index (χ4n) is 4.92. The quantitative estimate of drug-likeness (QED) is 0.186. The minimum atomic E-state index is -0.128. The van der Waals surface area contributed by atoms with E-state index in [1.54, 1.807) is 0 Å². The smallest absolute Gasteiger partial charge is 0.311 e. The summed E-state index contributed by atoms with van der Waals surface area (Å²) in [6, 6.07) is 0. The van der Waals surface area contributed by atoms with E-state index in [2.05, 4.69) is 22.2 Å². The maximum absolute atomic E-state index is 11.8. The maximum atomic E-state index is 11.8. The molecule has 0 spiro atoms. The van der Waals surface area contributed by atoms with E-state index >= 15 is 0 Å². The van der Waals surface area contributed by atoms with Crippen LogP contribution in [0.2, 0.25) is 0 Å². The number of thioether (sulfide) groups is 1. The molecule has 0 heterocycles. The van der Waals surface area contributed by atoms with Gasteiger partial charge in [0, 0.05) is 5.33 Å². The van der Waals surface area contributed by atoms with Gasteiger partial charge in [0.05, 0.1) is 25.0 Å². The van der Waals surface area contributed by atoms with Crippen molar-refractivity contribution in [1.82, 2.24) is 0 Å². The van der Waals surface area contributed by atoms with E-state index in [1.807, 2.05) is 11.8 Å². The molecule has 0 atom stereocenters. The SMILES string of the molecule is COC(=O)C1(CCCCBr)CCCC1.COC(=O)C1(CCCCSC)CCCC1. The summed E-state index contributed by atoms with van der Waals surface area (Å²) in [5.74, 6) is 1.26. The van der Waals surface area contributed by atoms with Crippen molar-refractivity contribution in [3.63, 3.8) is 0 Å². The number of ether oxygens (including phenoxy) is 2. The average Bonchev–Trinajstić information content (AvgIpc) is 3.42. The van der Waals surface area contributed by atoms with Crippen LogP contribution in [0.4, 0.5) is 0 Å². The van der Waals surface area contributed by atoms with Crippen molar-refractivity contribution in [1.29, 1.82) is 0 Å². The van der Waals surface area contributed by atoms with E-state index in [1.165, 1.54) is 52.1 Å². The third kappa shape index (κ3) is 8.43. The first-order valence-electron chi connectivity index (χ1n) is 11.2. The third-order valence-corrected chi connectivity index (χ3v) is 7.91. The van der Waals surface area contributed by atoms with Gasteiger partial charge in [0.15, 0.2) is 0 Å². The van der Waals surface area contributed by atoms with Crippen LogP contribution in [-0.4, -0.2) is 43.5 Å². The number of carbonyl (C=O) groups excluding carboxylic acids is 2. The lowest BCUT2D eigenvalue weighted by atomic mass is 9.81. The summed E-state index contributed by atoms with van der Waals surface area (Å²) in [6.45, 7) is 0. The lowest BCUT2D eigenvalue weighted by Gasteiger charge is -2.25. The molecule has 29 heavy (non-hydrogen) atoms. The Morgan fingerprint density at radius 1 is 0.793 bits per heavy atom. The van der Waals surface area contributed by atoms with E-state index in [-0.39, 0.29) is 22.8 Å². The first-order chi connectivity index (χ1) is 14.0. The van der Waals surface area contributed by atoms with E-state index < -0.39 is 0 Å². The Bertz CT molecular complexity index is 471. The first kappa shape index (κ1) is 26.8. The van der Waals surface area contributed by atoms with E-state index in [0.29, 0.717) is 0 Å². The highest BCUT2D eigenvalue weighted by molar-refractivity contribution is 9.09. The van der Waals surface area contributed by atoms with Gasteiger partial charge >= 0.3 is 11.9 Å². The van der Waals surface area contributed by atoms with Gasteiger partial charge in [-0.1, -0.05) is 54.5 Å². The molecular weight excluding hydrogens is 452 g/mol. The van der Waals surface area contributed by atoms with Crippen LogP contribution >= 0.6 is 27.7 Å². The molecule has 0 aromatic rings. The summed E-state index contributed by atoms with van der Waals surface area (Å²) >= 11 is 5.30. The summed E-state index contributed by atoms with van der Waals surface area (Å²) in [6.07, 6.45) is 17.7. The maximum Gasteiger partial charge on any atom is 0.311 e. The molecule has 2 aliphatic rings. The van der Waals surface area contributed by atoms with Gasteiger partial charge in [-0.3, -0.25) is 9.59 Å². The van der Waals surface area contributed by atoms with Crippen molar-refractivity contribution in [2.45, 2.75) is 89.9 Å². The zero-order valence-electron chi connectivity index (χ0n) is 18.7. The molecule has 0 aliphatic heterocycles. The second kappa shape index (κ2) is 14.7. The molecule has 2 rings (SSSR count). The molecule has 2 saturated carbocycles. The third-order valence-electron chi connectivity index (χ3n) is 6.65. The number of hydrogen-bond donors (Lipinski definition) is 0. The average molecular weight is 494 g/mol. The van der Waals surface area contributed by atoms with Crippen LogP contribution in [0.1, 0.15) is 89.9 Å². The monoisotopic (exact) mass is 492 g/mol. The predicted octanol–water partition coefficient (Wildman–Crippen LogP) is 6.54. The standard InChI is InChI=1S/C12H22O2S.C11H19BrO2/c1-14-11(13)12(7-3-4-8-12)9-5-6-10-15-2;1-14-10(13)11(6-2-3-7-11)8-4-5-9-12/h3-10H2,1-2H3;2-9H2,1H3. The summed E-state index contributed by atoms with van der Waals surface area (Å²) in [7, 11) is 3.02. The number of alkyl halides is 1. The van der Waals surface area contributed by atoms with Crippen molar-refractivity contribution < 1.29 is 19.1 Å². The summed E-state index contributed by atoms with van der Waals surface area (Å²) in [5.41, 5.74) is -0.246. The van der Waals surface area contributed by atoms with Gasteiger partial charge in [0.2, 0.25) is 0 Å². The Morgan fingerprint density at radius 2 is 1.21 bits per heavy atom. The Labute approximate surface area is 190 Å². The minimum absolute atomic E-state index is 0.0181. The first-order valence-corrected chi connectivity index (χ1v) is 13.7. The van der Waals surface area contributed by atoms with Gasteiger partial charge in [-0.25, -0.2) is 0 Å². The highest BCUT2D eigenvalue weighted by Crippen LogP contribution is 2.44. The topological polar surface area (TPSA) is 52.6 Å². The number of halogens is 1. The molecule has 4 nitrogen and oxygen atoms in total. The van der Waals surface area contributed by atoms with Crippen LogP contribution in [0, 0.1) is 10.8 Å². The van der Waals surface area contributed by atoms with E-state index in [9.17, 15) is 9.59 Å². The van der Waals surface area contributed by atoms with Crippen LogP contribution < -0.4 is 0 Å². The van der Waals surface area contributed by atoms with Gasteiger partial charge in [-0.2, -0.15) is 11.8 Å². The fourth-order valence-corrected chi connectivity index (χ4v) is 5.81. The molecule has 0 aromatic carbocycles. The minimum Gasteiger partial charge on any atom is -0.469 e. The fraction of sp³-hybridized carbons (Fsp3) is 0.913. The van der Waals surface area contributed by atoms with E-state index in [0.717, 1.165) is 63.1 Å². The van der Waals surface area contributed by atoms with Crippen LogP contribution in [0.5, 0.6) is 0 Å². The van der Waals surface area contributed by atoms with Crippen molar-refractivity contribution in [3.8, 4) is 0 Å². The van der Waals surface area contributed by atoms with Gasteiger partial charge in [-0.15, -0.1) is 0 Å². The molecule has 0 aromatic heterocycles. The lowest BCUT2D eigenvalue weighted by Crippen LogP contribution is -2.29. The van der Waals surface area contributed by atoms with Crippen molar-refractivity contribution in [2.24, 2.45) is 10.8 Å². The molecule has 0 bridgehead atoms. The van der Waals surface area contributed by atoms with Crippen LogP contribution in [0.3, 0.4) is 0 Å². The molecule has 2 fully saturated rings. The molecule has 6 heteroatoms. The zero-order valence-corrected chi connectivity index (χ0v) is 21.1. The molecule has 0 N–H and O–H groups in total.